The third kappa shape index (κ3) is 45.8. The zero-order valence-corrected chi connectivity index (χ0v) is 12.9. The predicted molar refractivity (Wildman–Crippen MR) is 86.4 cm³/mol. The first kappa shape index (κ1) is 24.3. The molecular weight excluding hydrogens is 272 g/mol. The van der Waals surface area contributed by atoms with E-state index in [0.29, 0.717) is 13.2 Å². The van der Waals surface area contributed by atoms with Crippen molar-refractivity contribution in [3.8, 4) is 0 Å². The lowest BCUT2D eigenvalue weighted by Gasteiger charge is -1.97. The van der Waals surface area contributed by atoms with Crippen molar-refractivity contribution in [3.63, 3.8) is 0 Å². The van der Waals surface area contributed by atoms with Gasteiger partial charge in [-0.3, -0.25) is 0 Å². The van der Waals surface area contributed by atoms with Gasteiger partial charge in [0.05, 0.1) is 25.0 Å². The molecule has 0 fully saturated rings. The SMILES string of the molecule is C=COC=C.C=COCCOC=C.OCCCCCCO. The van der Waals surface area contributed by atoms with Crippen LogP contribution in [0, 0.1) is 0 Å². The fourth-order valence-corrected chi connectivity index (χ4v) is 0.908. The van der Waals surface area contributed by atoms with Crippen LogP contribution in [-0.4, -0.2) is 36.6 Å². The van der Waals surface area contributed by atoms with Crippen LogP contribution >= 0.6 is 0 Å². The van der Waals surface area contributed by atoms with Gasteiger partial charge in [-0.05, 0) is 12.8 Å². The lowest BCUT2D eigenvalue weighted by Crippen LogP contribution is -1.95. The number of hydrogen-bond donors (Lipinski definition) is 2. The Labute approximate surface area is 128 Å². The summed E-state index contributed by atoms with van der Waals surface area (Å²) >= 11 is 0. The van der Waals surface area contributed by atoms with Crippen LogP contribution in [0.1, 0.15) is 25.7 Å². The fraction of sp³-hybridized carbons (Fsp3) is 0.500. The molecule has 2 N–H and O–H groups in total. The molecule has 0 heterocycles. The highest BCUT2D eigenvalue weighted by Crippen LogP contribution is 1.96. The van der Waals surface area contributed by atoms with Crippen LogP contribution < -0.4 is 0 Å². The smallest absolute Gasteiger partial charge is 0.121 e. The molecule has 0 radical (unpaired) electrons. The molecular formula is C16H30O5. The van der Waals surface area contributed by atoms with E-state index in [1.807, 2.05) is 0 Å². The van der Waals surface area contributed by atoms with E-state index in [-0.39, 0.29) is 13.2 Å². The third-order valence-corrected chi connectivity index (χ3v) is 1.81. The van der Waals surface area contributed by atoms with Gasteiger partial charge in [-0.1, -0.05) is 39.2 Å². The summed E-state index contributed by atoms with van der Waals surface area (Å²) in [6.45, 7) is 14.9. The number of unbranched alkanes of at least 4 members (excludes halogenated alkanes) is 3. The van der Waals surface area contributed by atoms with E-state index in [2.05, 4.69) is 31.1 Å². The minimum atomic E-state index is 0.283. The molecule has 0 saturated carbocycles. The fourth-order valence-electron chi connectivity index (χ4n) is 0.908. The molecule has 0 aromatic rings. The maximum Gasteiger partial charge on any atom is 0.121 e. The van der Waals surface area contributed by atoms with E-state index in [1.165, 1.54) is 25.0 Å². The van der Waals surface area contributed by atoms with Crippen molar-refractivity contribution in [2.75, 3.05) is 26.4 Å². The molecule has 124 valence electrons. The quantitative estimate of drug-likeness (QED) is 0.428. The van der Waals surface area contributed by atoms with Gasteiger partial charge in [0, 0.05) is 13.2 Å². The maximum absolute atomic E-state index is 8.30. The molecule has 0 unspecified atom stereocenters. The summed E-state index contributed by atoms with van der Waals surface area (Å²) in [5, 5.41) is 16.6. The largest absolute Gasteiger partial charge is 0.498 e. The Morgan fingerprint density at radius 2 is 1.00 bits per heavy atom. The predicted octanol–water partition coefficient (Wildman–Crippen LogP) is 3.13. The van der Waals surface area contributed by atoms with Gasteiger partial charge < -0.3 is 24.4 Å². The zero-order chi connectivity index (χ0) is 16.6. The molecule has 0 aliphatic heterocycles. The summed E-state index contributed by atoms with van der Waals surface area (Å²) in [6, 6.07) is 0. The summed E-state index contributed by atoms with van der Waals surface area (Å²) in [5.41, 5.74) is 0. The minimum absolute atomic E-state index is 0.283. The number of aliphatic hydroxyl groups is 2. The molecule has 0 bridgehead atoms. The van der Waals surface area contributed by atoms with Gasteiger partial charge in [0.25, 0.3) is 0 Å². The number of ether oxygens (including phenoxy) is 3. The average Bonchev–Trinajstić information content (AvgIpc) is 2.50. The van der Waals surface area contributed by atoms with Gasteiger partial charge in [0.15, 0.2) is 0 Å². The highest BCUT2D eigenvalue weighted by molar-refractivity contribution is 4.57. The van der Waals surface area contributed by atoms with Gasteiger partial charge in [-0.15, -0.1) is 0 Å². The minimum Gasteiger partial charge on any atom is -0.498 e. The molecule has 0 spiro atoms. The molecule has 0 aromatic heterocycles. The summed E-state index contributed by atoms with van der Waals surface area (Å²) in [5.74, 6) is 0. The van der Waals surface area contributed by atoms with Crippen molar-refractivity contribution in [2.45, 2.75) is 25.7 Å². The normalized spacial score (nSPS) is 7.90. The highest BCUT2D eigenvalue weighted by atomic mass is 16.5. The van der Waals surface area contributed by atoms with Crippen molar-refractivity contribution < 1.29 is 24.4 Å². The van der Waals surface area contributed by atoms with Crippen molar-refractivity contribution in [1.82, 2.24) is 0 Å². The number of aliphatic hydroxyl groups excluding tert-OH is 2. The van der Waals surface area contributed by atoms with Gasteiger partial charge in [-0.25, -0.2) is 0 Å². The Hall–Kier alpha value is -1.72. The first-order valence-electron chi connectivity index (χ1n) is 6.79. The molecule has 0 rings (SSSR count). The van der Waals surface area contributed by atoms with Gasteiger partial charge in [0.1, 0.15) is 13.2 Å². The second-order valence-corrected chi connectivity index (χ2v) is 3.41. The Kier molecular flexibility index (Phi) is 35.8. The lowest BCUT2D eigenvalue weighted by atomic mass is 10.2. The van der Waals surface area contributed by atoms with Crippen molar-refractivity contribution in [2.24, 2.45) is 0 Å². The summed E-state index contributed by atoms with van der Waals surface area (Å²) in [4.78, 5) is 0. The first-order chi connectivity index (χ1) is 10.2. The Bertz CT molecular complexity index is 195. The second kappa shape index (κ2) is 31.0. The van der Waals surface area contributed by atoms with E-state index >= 15 is 0 Å². The molecule has 0 amide bonds. The van der Waals surface area contributed by atoms with Crippen molar-refractivity contribution in [1.29, 1.82) is 0 Å². The molecule has 0 aliphatic rings. The molecule has 0 atom stereocenters. The second-order valence-electron chi connectivity index (χ2n) is 3.41. The number of rotatable bonds is 12. The molecule has 5 nitrogen and oxygen atoms in total. The molecule has 0 aliphatic carbocycles. The van der Waals surface area contributed by atoms with Crippen LogP contribution in [0.3, 0.4) is 0 Å². The van der Waals surface area contributed by atoms with E-state index in [9.17, 15) is 0 Å². The summed E-state index contributed by atoms with van der Waals surface area (Å²) in [6.07, 6.45) is 9.22. The van der Waals surface area contributed by atoms with Crippen LogP contribution in [0.25, 0.3) is 0 Å². The van der Waals surface area contributed by atoms with Gasteiger partial charge >= 0.3 is 0 Å². The van der Waals surface area contributed by atoms with Gasteiger partial charge in [-0.2, -0.15) is 0 Å². The maximum atomic E-state index is 8.30. The van der Waals surface area contributed by atoms with Crippen LogP contribution in [0.5, 0.6) is 0 Å². The Morgan fingerprint density at radius 3 is 1.19 bits per heavy atom. The van der Waals surface area contributed by atoms with E-state index in [1.54, 1.807) is 0 Å². The monoisotopic (exact) mass is 302 g/mol. The topological polar surface area (TPSA) is 68.2 Å². The van der Waals surface area contributed by atoms with E-state index in [4.69, 9.17) is 19.7 Å². The van der Waals surface area contributed by atoms with E-state index < -0.39 is 0 Å². The molecule has 21 heavy (non-hydrogen) atoms. The van der Waals surface area contributed by atoms with Crippen molar-refractivity contribution >= 4 is 0 Å². The Morgan fingerprint density at radius 1 is 0.619 bits per heavy atom. The zero-order valence-electron chi connectivity index (χ0n) is 12.9. The average molecular weight is 302 g/mol. The molecule has 0 saturated heterocycles. The summed E-state index contributed by atoms with van der Waals surface area (Å²) in [7, 11) is 0. The number of hydrogen-bond acceptors (Lipinski definition) is 5. The van der Waals surface area contributed by atoms with Crippen LogP contribution in [-0.2, 0) is 14.2 Å². The van der Waals surface area contributed by atoms with Crippen LogP contribution in [0.15, 0.2) is 51.4 Å². The van der Waals surface area contributed by atoms with Gasteiger partial charge in [0.2, 0.25) is 0 Å². The van der Waals surface area contributed by atoms with Crippen LogP contribution in [0.2, 0.25) is 0 Å². The standard InChI is InChI=1S/C6H10O2.C6H14O2.C4H6O/c1-3-7-5-6-8-4-2;7-5-3-1-2-4-6-8;1-3-5-4-2/h3-4H,1-2,5-6H2;7-8H,1-6H2;3-4H,1-2H2. The molecule has 0 aromatic carbocycles. The van der Waals surface area contributed by atoms with E-state index in [0.717, 1.165) is 25.7 Å². The Balaban J connectivity index is -0.000000239. The highest BCUT2D eigenvalue weighted by Gasteiger charge is 1.84. The molecule has 5 heteroatoms. The lowest BCUT2D eigenvalue weighted by molar-refractivity contribution is 0.151. The van der Waals surface area contributed by atoms with Crippen molar-refractivity contribution in [3.05, 3.63) is 51.4 Å². The third-order valence-electron chi connectivity index (χ3n) is 1.81. The summed E-state index contributed by atoms with van der Waals surface area (Å²) < 4.78 is 13.8. The van der Waals surface area contributed by atoms with Crippen LogP contribution in [0.4, 0.5) is 0 Å². The first-order valence-corrected chi connectivity index (χ1v) is 6.79.